The van der Waals surface area contributed by atoms with E-state index >= 15 is 0 Å². The molecule has 1 fully saturated rings. The van der Waals surface area contributed by atoms with Gasteiger partial charge < -0.3 is 9.72 Å². The fraction of sp³-hybridized carbons (Fsp3) is 0.360. The Hall–Kier alpha value is -3.43. The highest BCUT2D eigenvalue weighted by atomic mass is 19.1. The number of rotatable bonds is 8. The lowest BCUT2D eigenvalue weighted by Gasteiger charge is -2.22. The van der Waals surface area contributed by atoms with E-state index in [0.29, 0.717) is 37.6 Å². The van der Waals surface area contributed by atoms with Gasteiger partial charge in [0.15, 0.2) is 5.82 Å². The van der Waals surface area contributed by atoms with E-state index in [1.54, 1.807) is 16.8 Å². The summed E-state index contributed by atoms with van der Waals surface area (Å²) in [4.78, 5) is 18.0. The Balaban J connectivity index is 1.42. The molecule has 2 aromatic heterocycles. The largest absolute Gasteiger partial charge is 0.376 e. The van der Waals surface area contributed by atoms with Crippen LogP contribution in [0, 0.1) is 12.7 Å². The van der Waals surface area contributed by atoms with Crippen LogP contribution in [0.1, 0.15) is 35.4 Å². The number of fused-ring (bicyclic) bond motifs is 1. The summed E-state index contributed by atoms with van der Waals surface area (Å²) in [6, 6.07) is 14.3. The Labute approximate surface area is 196 Å². The molecule has 1 aliphatic heterocycles. The molecule has 0 spiro atoms. The van der Waals surface area contributed by atoms with Crippen molar-refractivity contribution in [3.05, 3.63) is 87.2 Å². The highest BCUT2D eigenvalue weighted by Gasteiger charge is 2.21. The van der Waals surface area contributed by atoms with Gasteiger partial charge in [0, 0.05) is 30.8 Å². The standard InChI is InChI=1S/C25H27FN6O2/c1-17-4-7-19-12-20(25(33)27-23(19)11-17)14-31(13-18-5-8-21(26)9-6-18)16-24-28-29-30-32(24)15-22-3-2-10-34-22/h4-9,11-12,22H,2-3,10,13-16H2,1H3,(H,27,33). The van der Waals surface area contributed by atoms with Crippen LogP contribution in [0.3, 0.4) is 0 Å². The molecule has 0 amide bonds. The van der Waals surface area contributed by atoms with Crippen molar-refractivity contribution in [3.63, 3.8) is 0 Å². The van der Waals surface area contributed by atoms with Gasteiger partial charge in [-0.1, -0.05) is 24.3 Å². The summed E-state index contributed by atoms with van der Waals surface area (Å²) < 4.78 is 21.0. The number of tetrazole rings is 1. The summed E-state index contributed by atoms with van der Waals surface area (Å²) >= 11 is 0. The van der Waals surface area contributed by atoms with E-state index in [1.807, 2.05) is 31.2 Å². The summed E-state index contributed by atoms with van der Waals surface area (Å²) in [6.07, 6.45) is 2.15. The third-order valence-electron chi connectivity index (χ3n) is 6.16. The number of hydrogen-bond donors (Lipinski definition) is 1. The lowest BCUT2D eigenvalue weighted by molar-refractivity contribution is 0.0914. The van der Waals surface area contributed by atoms with E-state index in [9.17, 15) is 9.18 Å². The summed E-state index contributed by atoms with van der Waals surface area (Å²) in [6.45, 7) is 4.70. The number of nitrogens with zero attached hydrogens (tertiary/aromatic N) is 5. The van der Waals surface area contributed by atoms with Crippen molar-refractivity contribution in [2.75, 3.05) is 6.61 Å². The number of pyridine rings is 1. The van der Waals surface area contributed by atoms with Gasteiger partial charge in [0.25, 0.3) is 5.56 Å². The Morgan fingerprint density at radius 2 is 2.00 bits per heavy atom. The number of aromatic amines is 1. The molecule has 2 aromatic carbocycles. The first-order chi connectivity index (χ1) is 16.5. The van der Waals surface area contributed by atoms with Gasteiger partial charge >= 0.3 is 0 Å². The minimum Gasteiger partial charge on any atom is -0.376 e. The van der Waals surface area contributed by atoms with Crippen molar-refractivity contribution in [3.8, 4) is 0 Å². The molecular weight excluding hydrogens is 435 g/mol. The minimum atomic E-state index is -0.280. The second-order valence-electron chi connectivity index (χ2n) is 8.90. The van der Waals surface area contributed by atoms with Gasteiger partial charge in [-0.3, -0.25) is 9.69 Å². The predicted molar refractivity (Wildman–Crippen MR) is 125 cm³/mol. The van der Waals surface area contributed by atoms with E-state index in [4.69, 9.17) is 4.74 Å². The number of nitrogens with one attached hydrogen (secondary N) is 1. The maximum atomic E-state index is 13.5. The van der Waals surface area contributed by atoms with Gasteiger partial charge in [0.2, 0.25) is 0 Å². The quantitative estimate of drug-likeness (QED) is 0.432. The first-order valence-electron chi connectivity index (χ1n) is 11.5. The number of aryl methyl sites for hydroxylation is 1. The number of hydrogen-bond acceptors (Lipinski definition) is 6. The average molecular weight is 463 g/mol. The molecule has 9 heteroatoms. The van der Waals surface area contributed by atoms with Crippen LogP contribution in [0.2, 0.25) is 0 Å². The summed E-state index contributed by atoms with van der Waals surface area (Å²) in [5.74, 6) is 0.419. The highest BCUT2D eigenvalue weighted by molar-refractivity contribution is 5.79. The minimum absolute atomic E-state index is 0.111. The van der Waals surface area contributed by atoms with Gasteiger partial charge in [-0.15, -0.1) is 5.10 Å². The first-order valence-corrected chi connectivity index (χ1v) is 11.5. The number of ether oxygens (including phenoxy) is 1. The number of H-pyrrole nitrogens is 1. The van der Waals surface area contributed by atoms with Crippen LogP contribution < -0.4 is 5.56 Å². The van der Waals surface area contributed by atoms with E-state index in [-0.39, 0.29) is 17.5 Å². The van der Waals surface area contributed by atoms with Crippen molar-refractivity contribution in [2.24, 2.45) is 0 Å². The van der Waals surface area contributed by atoms with Crippen molar-refractivity contribution < 1.29 is 9.13 Å². The molecule has 1 atom stereocenters. The topological polar surface area (TPSA) is 88.9 Å². The van der Waals surface area contributed by atoms with E-state index in [2.05, 4.69) is 25.4 Å². The van der Waals surface area contributed by atoms with E-state index in [1.165, 1.54) is 12.1 Å². The van der Waals surface area contributed by atoms with Gasteiger partial charge in [0.1, 0.15) is 5.82 Å². The average Bonchev–Trinajstić information content (AvgIpc) is 3.49. The Morgan fingerprint density at radius 3 is 2.79 bits per heavy atom. The molecule has 1 saturated heterocycles. The lowest BCUT2D eigenvalue weighted by atomic mass is 10.1. The number of halogens is 1. The van der Waals surface area contributed by atoms with Crippen LogP contribution in [-0.4, -0.2) is 42.8 Å². The maximum Gasteiger partial charge on any atom is 0.252 e. The van der Waals surface area contributed by atoms with Crippen LogP contribution in [-0.2, 0) is 30.9 Å². The Morgan fingerprint density at radius 1 is 1.15 bits per heavy atom. The summed E-state index contributed by atoms with van der Waals surface area (Å²) in [7, 11) is 0. The van der Waals surface area contributed by atoms with Crippen LogP contribution in [0.15, 0.2) is 53.3 Å². The molecule has 0 radical (unpaired) electrons. The fourth-order valence-corrected chi connectivity index (χ4v) is 4.39. The summed E-state index contributed by atoms with van der Waals surface area (Å²) in [5, 5.41) is 13.2. The van der Waals surface area contributed by atoms with E-state index < -0.39 is 0 Å². The van der Waals surface area contributed by atoms with Crippen molar-refractivity contribution >= 4 is 10.9 Å². The molecule has 1 aliphatic rings. The van der Waals surface area contributed by atoms with Crippen LogP contribution >= 0.6 is 0 Å². The van der Waals surface area contributed by atoms with Gasteiger partial charge in [-0.25, -0.2) is 9.07 Å². The molecule has 1 unspecified atom stereocenters. The third kappa shape index (κ3) is 5.21. The molecule has 8 nitrogen and oxygen atoms in total. The van der Waals surface area contributed by atoms with Gasteiger partial charge in [-0.05, 0) is 71.0 Å². The molecule has 34 heavy (non-hydrogen) atoms. The van der Waals surface area contributed by atoms with E-state index in [0.717, 1.165) is 41.5 Å². The molecule has 0 aliphatic carbocycles. The predicted octanol–water partition coefficient (Wildman–Crippen LogP) is 3.34. The number of aromatic nitrogens is 5. The summed E-state index contributed by atoms with van der Waals surface area (Å²) in [5.41, 5.74) is 3.37. The maximum absolute atomic E-state index is 13.5. The molecule has 3 heterocycles. The van der Waals surface area contributed by atoms with Gasteiger partial charge in [0.05, 0.1) is 19.2 Å². The monoisotopic (exact) mass is 462 g/mol. The van der Waals surface area contributed by atoms with Crippen molar-refractivity contribution in [2.45, 2.75) is 52.0 Å². The Kier molecular flexibility index (Phi) is 6.46. The number of benzene rings is 2. The normalized spacial score (nSPS) is 16.0. The smallest absolute Gasteiger partial charge is 0.252 e. The fourth-order valence-electron chi connectivity index (χ4n) is 4.39. The molecule has 176 valence electrons. The molecule has 1 N–H and O–H groups in total. The zero-order valence-corrected chi connectivity index (χ0v) is 19.1. The highest BCUT2D eigenvalue weighted by Crippen LogP contribution is 2.18. The van der Waals surface area contributed by atoms with Crippen molar-refractivity contribution in [1.82, 2.24) is 30.1 Å². The molecule has 0 bridgehead atoms. The zero-order valence-electron chi connectivity index (χ0n) is 19.1. The SMILES string of the molecule is Cc1ccc2cc(CN(Cc3ccc(F)cc3)Cc3nnnn3CC3CCCO3)c(=O)[nH]c2c1. The van der Waals surface area contributed by atoms with Crippen LogP contribution in [0.25, 0.3) is 10.9 Å². The Bertz CT molecular complexity index is 1330. The second-order valence-corrected chi connectivity index (χ2v) is 8.90. The zero-order chi connectivity index (χ0) is 23.5. The first kappa shape index (κ1) is 22.4. The molecule has 4 aromatic rings. The molecule has 5 rings (SSSR count). The molecule has 0 saturated carbocycles. The van der Waals surface area contributed by atoms with Gasteiger partial charge in [-0.2, -0.15) is 0 Å². The van der Waals surface area contributed by atoms with Crippen LogP contribution in [0.4, 0.5) is 4.39 Å². The molecular formula is C25H27FN6O2. The van der Waals surface area contributed by atoms with Crippen molar-refractivity contribution in [1.29, 1.82) is 0 Å². The van der Waals surface area contributed by atoms with Crippen LogP contribution in [0.5, 0.6) is 0 Å². The second kappa shape index (κ2) is 9.82. The third-order valence-corrected chi connectivity index (χ3v) is 6.16. The lowest BCUT2D eigenvalue weighted by Crippen LogP contribution is -2.29.